The Morgan fingerprint density at radius 1 is 1.13 bits per heavy atom. The van der Waals surface area contributed by atoms with Gasteiger partial charge in [-0.25, -0.2) is 0 Å². The smallest absolute Gasteiger partial charge is 0.0522 e. The van der Waals surface area contributed by atoms with E-state index in [2.05, 4.69) is 53.6 Å². The molecule has 1 aromatic heterocycles. The lowest BCUT2D eigenvalue weighted by Crippen LogP contribution is -1.99. The highest BCUT2D eigenvalue weighted by Crippen LogP contribution is 2.29. The molecule has 0 radical (unpaired) electrons. The molecule has 2 N–H and O–H groups in total. The molecule has 0 saturated heterocycles. The highest BCUT2D eigenvalue weighted by molar-refractivity contribution is 7.99. The summed E-state index contributed by atoms with van der Waals surface area (Å²) in [5, 5.41) is 10.5. The van der Waals surface area contributed by atoms with Crippen LogP contribution >= 0.6 is 11.8 Å². The number of hydrogen-bond acceptors (Lipinski definition) is 3. The van der Waals surface area contributed by atoms with Crippen LogP contribution in [0.4, 0.5) is 5.69 Å². The normalized spacial score (nSPS) is 13.3. The molecule has 2 heterocycles. The molecule has 3 rings (SSSR count). The van der Waals surface area contributed by atoms with Crippen LogP contribution in [-0.4, -0.2) is 22.5 Å². The molecular formula is C19H29N3S. The van der Waals surface area contributed by atoms with Crippen LogP contribution in [0, 0.1) is 0 Å². The lowest BCUT2D eigenvalue weighted by molar-refractivity contribution is 0.777. The Labute approximate surface area is 144 Å². The molecule has 3 nitrogen and oxygen atoms in total. The zero-order valence-electron chi connectivity index (χ0n) is 14.4. The van der Waals surface area contributed by atoms with Gasteiger partial charge in [0.15, 0.2) is 0 Å². The number of aryl methyl sites for hydroxylation is 2. The number of anilines is 1. The summed E-state index contributed by atoms with van der Waals surface area (Å²) in [5.41, 5.74) is 4.06. The van der Waals surface area contributed by atoms with Crippen molar-refractivity contribution >= 4 is 17.4 Å². The number of rotatable bonds is 5. The fourth-order valence-corrected chi connectivity index (χ4v) is 3.58. The fraction of sp³-hybridized carbons (Fsp3) is 0.526. The molecule has 0 aliphatic carbocycles. The zero-order valence-corrected chi connectivity index (χ0v) is 15.2. The number of nitrogens with zero attached hydrogens (tertiary/aromatic N) is 1. The molecule has 1 aliphatic rings. The number of hydrogen-bond donors (Lipinski definition) is 2. The molecule has 0 unspecified atom stereocenters. The van der Waals surface area contributed by atoms with Crippen molar-refractivity contribution in [3.05, 3.63) is 41.7 Å². The van der Waals surface area contributed by atoms with Gasteiger partial charge in [-0.3, -0.25) is 5.10 Å². The number of aromatic amines is 1. The van der Waals surface area contributed by atoms with Crippen LogP contribution < -0.4 is 5.32 Å². The van der Waals surface area contributed by atoms with Crippen molar-refractivity contribution in [2.75, 3.05) is 17.6 Å². The maximum Gasteiger partial charge on any atom is 0.0522 e. The lowest BCUT2D eigenvalue weighted by Gasteiger charge is -2.04. The molecule has 0 saturated carbocycles. The number of fused-ring (bicyclic) bond motifs is 1. The first-order chi connectivity index (χ1) is 11.3. The van der Waals surface area contributed by atoms with Gasteiger partial charge in [-0.2, -0.15) is 5.10 Å². The third kappa shape index (κ3) is 5.94. The van der Waals surface area contributed by atoms with E-state index in [1.165, 1.54) is 59.7 Å². The molecule has 2 aromatic rings. The lowest BCUT2D eigenvalue weighted by atomic mass is 10.1. The average molecular weight is 332 g/mol. The van der Waals surface area contributed by atoms with Gasteiger partial charge in [-0.05, 0) is 49.1 Å². The van der Waals surface area contributed by atoms with Crippen LogP contribution in [0.15, 0.2) is 35.4 Å². The number of unbranched alkanes of at least 4 members (excludes halogenated alkanes) is 1. The summed E-state index contributed by atoms with van der Waals surface area (Å²) in [6.45, 7) is 5.54. The Morgan fingerprint density at radius 2 is 2.00 bits per heavy atom. The SMILES string of the molecule is CCCCc1cn[nH]c1CCC.c1ccc2c(c1)NCCCS2. The number of H-pyrrole nitrogens is 1. The summed E-state index contributed by atoms with van der Waals surface area (Å²) in [6, 6.07) is 8.50. The van der Waals surface area contributed by atoms with Crippen molar-refractivity contribution in [3.8, 4) is 0 Å². The van der Waals surface area contributed by atoms with Crippen LogP contribution in [0.3, 0.4) is 0 Å². The third-order valence-corrected chi connectivity index (χ3v) is 5.05. The Bertz CT molecular complexity index is 540. The van der Waals surface area contributed by atoms with E-state index >= 15 is 0 Å². The molecule has 1 aromatic carbocycles. The number of benzene rings is 1. The van der Waals surface area contributed by atoms with Gasteiger partial charge in [0, 0.05) is 22.8 Å². The quantitative estimate of drug-likeness (QED) is 0.781. The first-order valence-electron chi connectivity index (χ1n) is 8.82. The van der Waals surface area contributed by atoms with Gasteiger partial charge >= 0.3 is 0 Å². The van der Waals surface area contributed by atoms with E-state index in [9.17, 15) is 0 Å². The second kappa shape index (κ2) is 10.4. The molecule has 0 atom stereocenters. The second-order valence-corrected chi connectivity index (χ2v) is 6.99. The monoisotopic (exact) mass is 331 g/mol. The first-order valence-corrected chi connectivity index (χ1v) is 9.80. The largest absolute Gasteiger partial charge is 0.384 e. The molecule has 0 amide bonds. The van der Waals surface area contributed by atoms with Crippen molar-refractivity contribution in [3.63, 3.8) is 0 Å². The molecule has 4 heteroatoms. The maximum atomic E-state index is 4.07. The minimum Gasteiger partial charge on any atom is -0.384 e. The predicted molar refractivity (Wildman–Crippen MR) is 101 cm³/mol. The van der Waals surface area contributed by atoms with E-state index in [4.69, 9.17) is 0 Å². The topological polar surface area (TPSA) is 40.7 Å². The summed E-state index contributed by atoms with van der Waals surface area (Å²) in [7, 11) is 0. The minimum absolute atomic E-state index is 1.12. The average Bonchev–Trinajstić information content (AvgIpc) is 2.88. The van der Waals surface area contributed by atoms with E-state index in [0.29, 0.717) is 0 Å². The van der Waals surface area contributed by atoms with Gasteiger partial charge in [0.1, 0.15) is 0 Å². The second-order valence-electron chi connectivity index (χ2n) is 5.85. The van der Waals surface area contributed by atoms with Crippen LogP contribution in [0.5, 0.6) is 0 Å². The molecule has 0 fully saturated rings. The third-order valence-electron chi connectivity index (χ3n) is 3.89. The summed E-state index contributed by atoms with van der Waals surface area (Å²) in [5.74, 6) is 1.24. The molecule has 1 aliphatic heterocycles. The van der Waals surface area contributed by atoms with E-state index < -0.39 is 0 Å². The zero-order chi connectivity index (χ0) is 16.3. The Kier molecular flexibility index (Phi) is 8.08. The van der Waals surface area contributed by atoms with Gasteiger partial charge in [-0.1, -0.05) is 38.8 Å². The Hall–Kier alpha value is -1.42. The van der Waals surface area contributed by atoms with Gasteiger partial charge < -0.3 is 5.32 Å². The van der Waals surface area contributed by atoms with Crippen LogP contribution in [0.25, 0.3) is 0 Å². The number of nitrogens with one attached hydrogen (secondary N) is 2. The van der Waals surface area contributed by atoms with Crippen molar-refractivity contribution in [1.82, 2.24) is 10.2 Å². The van der Waals surface area contributed by atoms with Gasteiger partial charge in [0.25, 0.3) is 0 Å². The number of aromatic nitrogens is 2. The van der Waals surface area contributed by atoms with Gasteiger partial charge in [-0.15, -0.1) is 11.8 Å². The fourth-order valence-electron chi connectivity index (χ4n) is 2.60. The highest BCUT2D eigenvalue weighted by Gasteiger charge is 2.05. The van der Waals surface area contributed by atoms with E-state index in [1.807, 2.05) is 18.0 Å². The van der Waals surface area contributed by atoms with E-state index in [0.717, 1.165) is 13.0 Å². The summed E-state index contributed by atoms with van der Waals surface area (Å²) in [4.78, 5) is 1.39. The summed E-state index contributed by atoms with van der Waals surface area (Å²) < 4.78 is 0. The van der Waals surface area contributed by atoms with Crippen molar-refractivity contribution in [2.45, 2.75) is 57.3 Å². The Balaban J connectivity index is 0.000000167. The van der Waals surface area contributed by atoms with Gasteiger partial charge in [0.05, 0.1) is 6.20 Å². The van der Waals surface area contributed by atoms with E-state index in [1.54, 1.807) is 0 Å². The first kappa shape index (κ1) is 17.9. The van der Waals surface area contributed by atoms with Crippen LogP contribution in [0.1, 0.15) is 50.8 Å². The van der Waals surface area contributed by atoms with Crippen molar-refractivity contribution in [2.24, 2.45) is 0 Å². The maximum absolute atomic E-state index is 4.07. The molecule has 23 heavy (non-hydrogen) atoms. The highest BCUT2D eigenvalue weighted by atomic mass is 32.2. The summed E-state index contributed by atoms with van der Waals surface area (Å²) in [6.07, 6.45) is 9.29. The van der Waals surface area contributed by atoms with Crippen molar-refractivity contribution < 1.29 is 0 Å². The standard InChI is InChI=1S/C10H18N2.C9H11NS/c1-3-5-7-9-8-11-12-10(9)6-4-2;1-2-5-9-8(4-1)10-6-3-7-11-9/h8H,3-7H2,1-2H3,(H,11,12);1-2,4-5,10H,3,6-7H2. The number of thioether (sulfide) groups is 1. The Morgan fingerprint density at radius 3 is 2.83 bits per heavy atom. The van der Waals surface area contributed by atoms with Gasteiger partial charge in [0.2, 0.25) is 0 Å². The molecule has 0 bridgehead atoms. The van der Waals surface area contributed by atoms with E-state index in [-0.39, 0.29) is 0 Å². The molecular weight excluding hydrogens is 302 g/mol. The minimum atomic E-state index is 1.12. The summed E-state index contributed by atoms with van der Waals surface area (Å²) >= 11 is 1.95. The predicted octanol–water partition coefficient (Wildman–Crippen LogP) is 5.30. The molecule has 0 spiro atoms. The molecule has 126 valence electrons. The van der Waals surface area contributed by atoms with Crippen molar-refractivity contribution in [1.29, 1.82) is 0 Å². The number of para-hydroxylation sites is 1. The van der Waals surface area contributed by atoms with Crippen LogP contribution in [-0.2, 0) is 12.8 Å². The van der Waals surface area contributed by atoms with Crippen LogP contribution in [0.2, 0.25) is 0 Å².